The van der Waals surface area contributed by atoms with Crippen LogP contribution < -0.4 is 5.73 Å². The summed E-state index contributed by atoms with van der Waals surface area (Å²) in [5.41, 5.74) is 6.55. The fourth-order valence-corrected chi connectivity index (χ4v) is 5.87. The van der Waals surface area contributed by atoms with Crippen molar-refractivity contribution in [1.29, 1.82) is 0 Å². The van der Waals surface area contributed by atoms with E-state index in [1.807, 2.05) is 0 Å². The molecule has 3 aliphatic heterocycles. The Morgan fingerprint density at radius 2 is 1.95 bits per heavy atom. The number of rotatable bonds is 3. The van der Waals surface area contributed by atoms with Crippen molar-refractivity contribution in [3.63, 3.8) is 0 Å². The first-order valence-electron chi connectivity index (χ1n) is 8.57. The lowest BCUT2D eigenvalue weighted by Crippen LogP contribution is -2.60. The summed E-state index contributed by atoms with van der Waals surface area (Å²) in [4.78, 5) is 5.53. The lowest BCUT2D eigenvalue weighted by Gasteiger charge is -2.48. The summed E-state index contributed by atoms with van der Waals surface area (Å²) in [6.07, 6.45) is 8.27. The van der Waals surface area contributed by atoms with Gasteiger partial charge in [0.05, 0.1) is 0 Å². The highest BCUT2D eigenvalue weighted by molar-refractivity contribution is 8.00. The minimum atomic E-state index is 0.285. The molecule has 0 spiro atoms. The first-order valence-corrected chi connectivity index (χ1v) is 9.62. The predicted octanol–water partition coefficient (Wildman–Crippen LogP) is 2.16. The second-order valence-electron chi connectivity index (χ2n) is 6.91. The Hall–Kier alpha value is 0.230. The van der Waals surface area contributed by atoms with E-state index in [0.717, 1.165) is 12.6 Å². The van der Waals surface area contributed by atoms with Crippen LogP contribution in [0.1, 0.15) is 45.4 Å². The zero-order valence-corrected chi connectivity index (χ0v) is 13.8. The molecule has 3 unspecified atom stereocenters. The molecule has 0 radical (unpaired) electrons. The van der Waals surface area contributed by atoms with Gasteiger partial charge in [0, 0.05) is 36.5 Å². The predicted molar refractivity (Wildman–Crippen MR) is 88.3 cm³/mol. The van der Waals surface area contributed by atoms with Crippen molar-refractivity contribution in [2.45, 2.75) is 62.3 Å². The maximum atomic E-state index is 6.26. The standard InChI is InChI=1S/C16H31N3S/c1-14-16(13-17,7-5-11-20-14)19-10-6-15(12-19)18-8-3-2-4-9-18/h14-15H,2-13,17H2,1H3. The molecule has 0 aromatic rings. The third kappa shape index (κ3) is 2.77. The number of hydrogen-bond donors (Lipinski definition) is 1. The molecular formula is C16H31N3S. The molecule has 3 aliphatic rings. The largest absolute Gasteiger partial charge is 0.329 e. The van der Waals surface area contributed by atoms with Crippen LogP contribution in [0.3, 0.4) is 0 Å². The molecule has 3 saturated heterocycles. The van der Waals surface area contributed by atoms with E-state index in [-0.39, 0.29) is 5.54 Å². The highest BCUT2D eigenvalue weighted by atomic mass is 32.2. The Morgan fingerprint density at radius 3 is 2.65 bits per heavy atom. The summed E-state index contributed by atoms with van der Waals surface area (Å²) in [6.45, 7) is 8.45. The zero-order chi connectivity index (χ0) is 14.0. The first-order chi connectivity index (χ1) is 9.76. The Bertz CT molecular complexity index is 319. The van der Waals surface area contributed by atoms with Gasteiger partial charge < -0.3 is 5.73 Å². The van der Waals surface area contributed by atoms with Gasteiger partial charge >= 0.3 is 0 Å². The van der Waals surface area contributed by atoms with Crippen LogP contribution in [0.15, 0.2) is 0 Å². The number of piperidine rings is 1. The van der Waals surface area contributed by atoms with E-state index in [9.17, 15) is 0 Å². The SMILES string of the molecule is CC1SCCCC1(CN)N1CCC(N2CCCCC2)C1. The topological polar surface area (TPSA) is 32.5 Å². The molecule has 0 aromatic heterocycles. The number of nitrogens with zero attached hydrogens (tertiary/aromatic N) is 2. The van der Waals surface area contributed by atoms with Crippen molar-refractivity contribution in [3.05, 3.63) is 0 Å². The van der Waals surface area contributed by atoms with Crippen LogP contribution in [0.4, 0.5) is 0 Å². The normalized spacial score (nSPS) is 41.1. The maximum absolute atomic E-state index is 6.26. The monoisotopic (exact) mass is 297 g/mol. The van der Waals surface area contributed by atoms with Gasteiger partial charge in [-0.15, -0.1) is 0 Å². The van der Waals surface area contributed by atoms with Gasteiger partial charge in [-0.2, -0.15) is 11.8 Å². The molecule has 3 nitrogen and oxygen atoms in total. The molecule has 0 bridgehead atoms. The lowest BCUT2D eigenvalue weighted by atomic mass is 9.87. The van der Waals surface area contributed by atoms with Gasteiger partial charge in [-0.25, -0.2) is 0 Å². The van der Waals surface area contributed by atoms with E-state index in [1.54, 1.807) is 0 Å². The molecule has 0 saturated carbocycles. The lowest BCUT2D eigenvalue weighted by molar-refractivity contribution is 0.0906. The Balaban J connectivity index is 1.65. The van der Waals surface area contributed by atoms with Crippen molar-refractivity contribution in [1.82, 2.24) is 9.80 Å². The minimum Gasteiger partial charge on any atom is -0.329 e. The van der Waals surface area contributed by atoms with E-state index in [2.05, 4.69) is 28.5 Å². The Labute approximate surface area is 128 Å². The minimum absolute atomic E-state index is 0.285. The summed E-state index contributed by atoms with van der Waals surface area (Å²) in [5.74, 6) is 1.33. The Morgan fingerprint density at radius 1 is 1.15 bits per heavy atom. The van der Waals surface area contributed by atoms with Crippen molar-refractivity contribution in [2.24, 2.45) is 5.73 Å². The van der Waals surface area contributed by atoms with Crippen molar-refractivity contribution >= 4 is 11.8 Å². The van der Waals surface area contributed by atoms with Crippen molar-refractivity contribution < 1.29 is 0 Å². The summed E-state index contributed by atoms with van der Waals surface area (Å²) < 4.78 is 0. The molecule has 2 N–H and O–H groups in total. The Kier molecular flexibility index (Phi) is 4.96. The zero-order valence-electron chi connectivity index (χ0n) is 13.0. The molecule has 4 heteroatoms. The van der Waals surface area contributed by atoms with Gasteiger partial charge in [0.1, 0.15) is 0 Å². The van der Waals surface area contributed by atoms with Crippen LogP contribution in [-0.2, 0) is 0 Å². The molecule has 3 rings (SSSR count). The van der Waals surface area contributed by atoms with Crippen molar-refractivity contribution in [3.8, 4) is 0 Å². The van der Waals surface area contributed by atoms with Gasteiger partial charge in [-0.1, -0.05) is 13.3 Å². The molecular weight excluding hydrogens is 266 g/mol. The highest BCUT2D eigenvalue weighted by Gasteiger charge is 2.45. The van der Waals surface area contributed by atoms with Gasteiger partial charge in [0.25, 0.3) is 0 Å². The molecule has 3 fully saturated rings. The number of thioether (sulfide) groups is 1. The second-order valence-corrected chi connectivity index (χ2v) is 8.36. The molecule has 0 aromatic carbocycles. The third-order valence-corrected chi connectivity index (χ3v) is 7.40. The van der Waals surface area contributed by atoms with Crippen molar-refractivity contribution in [2.75, 3.05) is 38.5 Å². The van der Waals surface area contributed by atoms with Gasteiger partial charge in [-0.05, 0) is 50.9 Å². The van der Waals surface area contributed by atoms with E-state index >= 15 is 0 Å². The van der Waals surface area contributed by atoms with Gasteiger partial charge in [-0.3, -0.25) is 9.80 Å². The fourth-order valence-electron chi connectivity index (χ4n) is 4.54. The fraction of sp³-hybridized carbons (Fsp3) is 1.00. The highest BCUT2D eigenvalue weighted by Crippen LogP contribution is 2.40. The maximum Gasteiger partial charge on any atom is 0.0448 e. The quantitative estimate of drug-likeness (QED) is 0.865. The van der Waals surface area contributed by atoms with Crippen LogP contribution in [0, 0.1) is 0 Å². The molecule has 0 amide bonds. The molecule has 20 heavy (non-hydrogen) atoms. The number of hydrogen-bond acceptors (Lipinski definition) is 4. The van der Waals surface area contributed by atoms with Crippen LogP contribution >= 0.6 is 11.8 Å². The first kappa shape index (κ1) is 15.1. The molecule has 116 valence electrons. The average molecular weight is 298 g/mol. The van der Waals surface area contributed by atoms with E-state index in [0.29, 0.717) is 5.25 Å². The van der Waals surface area contributed by atoms with E-state index in [4.69, 9.17) is 5.73 Å². The summed E-state index contributed by atoms with van der Waals surface area (Å²) in [7, 11) is 0. The summed E-state index contributed by atoms with van der Waals surface area (Å²) in [6, 6.07) is 0.804. The number of likely N-dealkylation sites (tertiary alicyclic amines) is 2. The second kappa shape index (κ2) is 6.55. The van der Waals surface area contributed by atoms with Gasteiger partial charge in [0.15, 0.2) is 0 Å². The summed E-state index contributed by atoms with van der Waals surface area (Å²) >= 11 is 2.14. The molecule has 3 atom stereocenters. The van der Waals surface area contributed by atoms with Crippen LogP contribution in [0.25, 0.3) is 0 Å². The number of nitrogens with two attached hydrogens (primary N) is 1. The summed E-state index contributed by atoms with van der Waals surface area (Å²) in [5, 5.41) is 0.696. The average Bonchev–Trinajstić information content (AvgIpc) is 2.99. The van der Waals surface area contributed by atoms with E-state index in [1.165, 1.54) is 70.5 Å². The van der Waals surface area contributed by atoms with Crippen LogP contribution in [0.5, 0.6) is 0 Å². The van der Waals surface area contributed by atoms with E-state index < -0.39 is 0 Å². The molecule has 3 heterocycles. The van der Waals surface area contributed by atoms with Gasteiger partial charge in [0.2, 0.25) is 0 Å². The van der Waals surface area contributed by atoms with Crippen LogP contribution in [-0.4, -0.2) is 65.1 Å². The smallest absolute Gasteiger partial charge is 0.0448 e. The molecule has 0 aliphatic carbocycles. The third-order valence-electron chi connectivity index (χ3n) is 5.93. The van der Waals surface area contributed by atoms with Crippen LogP contribution in [0.2, 0.25) is 0 Å².